The van der Waals surface area contributed by atoms with Gasteiger partial charge in [-0.3, -0.25) is 10.2 Å². The van der Waals surface area contributed by atoms with Crippen LogP contribution in [-0.2, 0) is 4.79 Å². The molecule has 0 aromatic carbocycles. The fraction of sp³-hybridized carbons (Fsp3) is 0.889. The van der Waals surface area contributed by atoms with Crippen LogP contribution in [-0.4, -0.2) is 30.4 Å². The molecule has 0 aliphatic carbocycles. The molecule has 0 heterocycles. The van der Waals surface area contributed by atoms with Crippen LogP contribution in [0.25, 0.3) is 0 Å². The molecule has 4 heteroatoms. The highest BCUT2D eigenvalue weighted by Crippen LogP contribution is 2.05. The zero-order valence-corrected chi connectivity index (χ0v) is 8.84. The molecule has 0 atom stereocenters. The van der Waals surface area contributed by atoms with Crippen molar-refractivity contribution in [2.45, 2.75) is 39.2 Å². The molecule has 4 nitrogen and oxygen atoms in total. The van der Waals surface area contributed by atoms with Crippen LogP contribution in [0.2, 0.25) is 0 Å². The molecule has 0 unspecified atom stereocenters. The van der Waals surface area contributed by atoms with Crippen LogP contribution in [0.4, 0.5) is 0 Å². The molecule has 0 fully saturated rings. The topological polar surface area (TPSA) is 58.4 Å². The number of nitrogens with two attached hydrogens (primary N) is 1. The molecule has 1 amide bonds. The van der Waals surface area contributed by atoms with Gasteiger partial charge in [0.2, 0.25) is 5.91 Å². The van der Waals surface area contributed by atoms with E-state index >= 15 is 0 Å². The Hall–Kier alpha value is -0.610. The summed E-state index contributed by atoms with van der Waals surface area (Å²) in [5.41, 5.74) is 2.13. The predicted octanol–water partition coefficient (Wildman–Crippen LogP) is 0.487. The maximum atomic E-state index is 10.9. The van der Waals surface area contributed by atoms with E-state index in [1.54, 1.807) is 0 Å². The molecule has 3 N–H and O–H groups in total. The zero-order chi connectivity index (χ0) is 10.3. The molecule has 0 aliphatic heterocycles. The summed E-state index contributed by atoms with van der Waals surface area (Å²) >= 11 is 0. The van der Waals surface area contributed by atoms with Crippen LogP contribution in [0.1, 0.15) is 33.1 Å². The predicted molar refractivity (Wildman–Crippen MR) is 53.9 cm³/mol. The highest BCUT2D eigenvalue weighted by molar-refractivity contribution is 5.75. The van der Waals surface area contributed by atoms with E-state index in [2.05, 4.69) is 24.2 Å². The Morgan fingerprint density at radius 3 is 2.38 bits per heavy atom. The standard InChI is InChI=1S/C9H21N3O/c1-4-8(5-2)12(3)7-6-9(13)11-10/h8H,4-7,10H2,1-3H3,(H,11,13). The van der Waals surface area contributed by atoms with Crippen molar-refractivity contribution >= 4 is 5.91 Å². The summed E-state index contributed by atoms with van der Waals surface area (Å²) < 4.78 is 0. The second-order valence-corrected chi connectivity index (χ2v) is 3.27. The van der Waals surface area contributed by atoms with E-state index in [9.17, 15) is 4.79 Å². The third kappa shape index (κ3) is 4.85. The highest BCUT2D eigenvalue weighted by Gasteiger charge is 2.10. The van der Waals surface area contributed by atoms with Crippen LogP contribution in [0.3, 0.4) is 0 Å². The lowest BCUT2D eigenvalue weighted by atomic mass is 10.1. The number of nitrogens with zero attached hydrogens (tertiary/aromatic N) is 1. The Kier molecular flexibility index (Phi) is 6.54. The van der Waals surface area contributed by atoms with Crippen LogP contribution >= 0.6 is 0 Å². The molecule has 0 rings (SSSR count). The Morgan fingerprint density at radius 2 is 2.00 bits per heavy atom. The van der Waals surface area contributed by atoms with Crippen molar-refractivity contribution in [3.05, 3.63) is 0 Å². The molecule has 0 radical (unpaired) electrons. The summed E-state index contributed by atoms with van der Waals surface area (Å²) in [6, 6.07) is 0.575. The van der Waals surface area contributed by atoms with E-state index in [1.807, 2.05) is 7.05 Å². The van der Waals surface area contributed by atoms with E-state index in [-0.39, 0.29) is 5.91 Å². The number of carbonyl (C=O) groups is 1. The molecular formula is C9H21N3O. The summed E-state index contributed by atoms with van der Waals surface area (Å²) in [4.78, 5) is 13.1. The molecular weight excluding hydrogens is 166 g/mol. The minimum atomic E-state index is -0.0993. The van der Waals surface area contributed by atoms with Gasteiger partial charge in [0.1, 0.15) is 0 Å². The Balaban J connectivity index is 3.71. The minimum absolute atomic E-state index is 0.0993. The van der Waals surface area contributed by atoms with E-state index in [1.165, 1.54) is 0 Å². The first-order valence-corrected chi connectivity index (χ1v) is 4.85. The lowest BCUT2D eigenvalue weighted by Crippen LogP contribution is -2.36. The lowest BCUT2D eigenvalue weighted by molar-refractivity contribution is -0.121. The van der Waals surface area contributed by atoms with Crippen molar-refractivity contribution < 1.29 is 4.79 Å². The van der Waals surface area contributed by atoms with Crippen LogP contribution in [0.5, 0.6) is 0 Å². The maximum absolute atomic E-state index is 10.9. The quantitative estimate of drug-likeness (QED) is 0.361. The minimum Gasteiger partial charge on any atom is -0.303 e. The van der Waals surface area contributed by atoms with Crippen LogP contribution in [0, 0.1) is 0 Å². The maximum Gasteiger partial charge on any atom is 0.235 e. The van der Waals surface area contributed by atoms with Gasteiger partial charge < -0.3 is 4.90 Å². The Bertz CT molecular complexity index is 146. The van der Waals surface area contributed by atoms with Crippen molar-refractivity contribution in [3.63, 3.8) is 0 Å². The van der Waals surface area contributed by atoms with Gasteiger partial charge in [0.05, 0.1) is 0 Å². The van der Waals surface area contributed by atoms with Crippen LogP contribution in [0.15, 0.2) is 0 Å². The molecule has 0 aliphatic rings. The first kappa shape index (κ1) is 12.4. The molecule has 0 saturated heterocycles. The number of hydrogen-bond acceptors (Lipinski definition) is 3. The molecule has 0 aromatic rings. The SMILES string of the molecule is CCC(CC)N(C)CCC(=O)NN. The van der Waals surface area contributed by atoms with E-state index < -0.39 is 0 Å². The fourth-order valence-electron chi connectivity index (χ4n) is 1.44. The van der Waals surface area contributed by atoms with Crippen molar-refractivity contribution in [2.24, 2.45) is 5.84 Å². The Labute approximate surface area is 80.4 Å². The van der Waals surface area contributed by atoms with Gasteiger partial charge in [-0.1, -0.05) is 13.8 Å². The molecule has 0 aromatic heterocycles. The number of carbonyl (C=O) groups excluding carboxylic acids is 1. The number of hydrazine groups is 1. The fourth-order valence-corrected chi connectivity index (χ4v) is 1.44. The monoisotopic (exact) mass is 187 g/mol. The third-order valence-electron chi connectivity index (χ3n) is 2.42. The number of hydrogen-bond donors (Lipinski definition) is 2. The third-order valence-corrected chi connectivity index (χ3v) is 2.42. The molecule has 13 heavy (non-hydrogen) atoms. The van der Waals surface area contributed by atoms with Gasteiger partial charge in [-0.25, -0.2) is 5.84 Å². The second-order valence-electron chi connectivity index (χ2n) is 3.27. The molecule has 0 bridgehead atoms. The summed E-state index contributed by atoms with van der Waals surface area (Å²) in [5, 5.41) is 0. The summed E-state index contributed by atoms with van der Waals surface area (Å²) in [6.45, 7) is 5.09. The zero-order valence-electron chi connectivity index (χ0n) is 8.84. The smallest absolute Gasteiger partial charge is 0.235 e. The average Bonchev–Trinajstić information content (AvgIpc) is 2.16. The first-order chi connectivity index (χ1) is 6.15. The lowest BCUT2D eigenvalue weighted by Gasteiger charge is -2.25. The summed E-state index contributed by atoms with van der Waals surface area (Å²) in [7, 11) is 2.04. The van der Waals surface area contributed by atoms with Crippen molar-refractivity contribution in [1.29, 1.82) is 0 Å². The van der Waals surface area contributed by atoms with Crippen molar-refractivity contribution in [1.82, 2.24) is 10.3 Å². The van der Waals surface area contributed by atoms with Gasteiger partial charge in [-0.15, -0.1) is 0 Å². The molecule has 0 saturated carbocycles. The van der Waals surface area contributed by atoms with Crippen LogP contribution < -0.4 is 11.3 Å². The van der Waals surface area contributed by atoms with Gasteiger partial charge in [-0.2, -0.15) is 0 Å². The van der Waals surface area contributed by atoms with Crippen molar-refractivity contribution in [3.8, 4) is 0 Å². The van der Waals surface area contributed by atoms with Gasteiger partial charge in [0.25, 0.3) is 0 Å². The van der Waals surface area contributed by atoms with E-state index in [0.29, 0.717) is 12.5 Å². The summed E-state index contributed by atoms with van der Waals surface area (Å²) in [5.74, 6) is 4.88. The van der Waals surface area contributed by atoms with Gasteiger partial charge in [0.15, 0.2) is 0 Å². The highest BCUT2D eigenvalue weighted by atomic mass is 16.2. The average molecular weight is 187 g/mol. The molecule has 78 valence electrons. The van der Waals surface area contributed by atoms with Gasteiger partial charge in [-0.05, 0) is 19.9 Å². The summed E-state index contributed by atoms with van der Waals surface area (Å²) in [6.07, 6.45) is 2.72. The van der Waals surface area contributed by atoms with Gasteiger partial charge in [0, 0.05) is 19.0 Å². The van der Waals surface area contributed by atoms with Crippen molar-refractivity contribution in [2.75, 3.05) is 13.6 Å². The number of rotatable bonds is 6. The van der Waals surface area contributed by atoms with E-state index in [4.69, 9.17) is 5.84 Å². The second kappa shape index (κ2) is 6.86. The molecule has 0 spiro atoms. The number of amides is 1. The number of nitrogens with one attached hydrogen (secondary N) is 1. The largest absolute Gasteiger partial charge is 0.303 e. The Morgan fingerprint density at radius 1 is 1.46 bits per heavy atom. The van der Waals surface area contributed by atoms with Gasteiger partial charge >= 0.3 is 0 Å². The van der Waals surface area contributed by atoms with E-state index in [0.717, 1.165) is 19.4 Å². The normalized spacial score (nSPS) is 10.9. The first-order valence-electron chi connectivity index (χ1n) is 4.85.